The molecule has 13 heavy (non-hydrogen) atoms. The van der Waals surface area contributed by atoms with Gasteiger partial charge in [-0.25, -0.2) is 9.67 Å². The summed E-state index contributed by atoms with van der Waals surface area (Å²) in [4.78, 5) is 6.47. The minimum absolute atomic E-state index is 0.866. The molecule has 2 rings (SSSR count). The molecule has 4 nitrogen and oxygen atoms in total. The van der Waals surface area contributed by atoms with Crippen LogP contribution in [0.2, 0.25) is 0 Å². The van der Waals surface area contributed by atoms with E-state index in [4.69, 9.17) is 0 Å². The molecule has 1 aliphatic rings. The van der Waals surface area contributed by atoms with Crippen molar-refractivity contribution >= 4 is 15.9 Å². The zero-order chi connectivity index (χ0) is 9.26. The van der Waals surface area contributed by atoms with Gasteiger partial charge in [-0.05, 0) is 0 Å². The molecule has 1 aromatic rings. The summed E-state index contributed by atoms with van der Waals surface area (Å²) in [5.74, 6) is 1.04. The van der Waals surface area contributed by atoms with Gasteiger partial charge in [0.15, 0.2) is 0 Å². The van der Waals surface area contributed by atoms with E-state index in [1.165, 1.54) is 0 Å². The minimum atomic E-state index is 0.866. The zero-order valence-electron chi connectivity index (χ0n) is 7.28. The van der Waals surface area contributed by atoms with Crippen molar-refractivity contribution in [2.45, 2.75) is 13.1 Å². The van der Waals surface area contributed by atoms with Crippen molar-refractivity contribution in [3.63, 3.8) is 0 Å². The smallest absolute Gasteiger partial charge is 0.141 e. The molecule has 0 fully saturated rings. The van der Waals surface area contributed by atoms with Crippen LogP contribution in [0.1, 0.15) is 5.82 Å². The third-order valence-corrected chi connectivity index (χ3v) is 2.33. The summed E-state index contributed by atoms with van der Waals surface area (Å²) >= 11 is 3.36. The summed E-state index contributed by atoms with van der Waals surface area (Å²) in [6.45, 7) is 7.51. The number of halogens is 1. The molecule has 70 valence electrons. The molecular weight excluding hydrogens is 232 g/mol. The van der Waals surface area contributed by atoms with Crippen LogP contribution in [0.4, 0.5) is 0 Å². The fourth-order valence-corrected chi connectivity index (χ4v) is 1.84. The van der Waals surface area contributed by atoms with Gasteiger partial charge in [0.2, 0.25) is 0 Å². The number of hydrogen-bond acceptors (Lipinski definition) is 3. The third kappa shape index (κ3) is 1.97. The summed E-state index contributed by atoms with van der Waals surface area (Å²) in [5.41, 5.74) is 0. The SMILES string of the molecule is C=C(Br)CN1CCn2ncnc2C1. The molecule has 0 saturated heterocycles. The predicted molar refractivity (Wildman–Crippen MR) is 53.4 cm³/mol. The van der Waals surface area contributed by atoms with Crippen LogP contribution in [0.25, 0.3) is 0 Å². The lowest BCUT2D eigenvalue weighted by Gasteiger charge is -2.25. The first-order valence-electron chi connectivity index (χ1n) is 4.18. The van der Waals surface area contributed by atoms with Crippen molar-refractivity contribution in [3.8, 4) is 0 Å². The van der Waals surface area contributed by atoms with Gasteiger partial charge in [0.25, 0.3) is 0 Å². The average molecular weight is 243 g/mol. The van der Waals surface area contributed by atoms with Crippen molar-refractivity contribution in [2.24, 2.45) is 0 Å². The molecule has 0 atom stereocenters. The van der Waals surface area contributed by atoms with Gasteiger partial charge >= 0.3 is 0 Å². The maximum Gasteiger partial charge on any atom is 0.141 e. The molecule has 0 unspecified atom stereocenters. The Labute approximate surface area is 85.4 Å². The lowest BCUT2D eigenvalue weighted by Crippen LogP contribution is -2.34. The van der Waals surface area contributed by atoms with E-state index in [0.717, 1.165) is 36.5 Å². The van der Waals surface area contributed by atoms with Crippen LogP contribution in [-0.4, -0.2) is 32.8 Å². The van der Waals surface area contributed by atoms with Gasteiger partial charge in [-0.1, -0.05) is 22.5 Å². The van der Waals surface area contributed by atoms with Crippen molar-refractivity contribution < 1.29 is 0 Å². The predicted octanol–water partition coefficient (Wildman–Crippen LogP) is 1.00. The van der Waals surface area contributed by atoms with Crippen molar-refractivity contribution in [1.82, 2.24) is 19.7 Å². The van der Waals surface area contributed by atoms with Crippen LogP contribution in [-0.2, 0) is 13.1 Å². The standard InChI is InChI=1S/C8H11BrN4/c1-7(9)4-12-2-3-13-8(5-12)10-6-11-13/h6H,1-5H2. The lowest BCUT2D eigenvalue weighted by atomic mass is 10.3. The Bertz CT molecular complexity index is 320. The topological polar surface area (TPSA) is 34.0 Å². The second-order valence-electron chi connectivity index (χ2n) is 3.13. The van der Waals surface area contributed by atoms with Gasteiger partial charge in [-0.3, -0.25) is 4.90 Å². The van der Waals surface area contributed by atoms with E-state index in [1.807, 2.05) is 4.68 Å². The summed E-state index contributed by atoms with van der Waals surface area (Å²) < 4.78 is 2.97. The van der Waals surface area contributed by atoms with Gasteiger partial charge in [0.05, 0.1) is 13.1 Å². The number of nitrogens with zero attached hydrogens (tertiary/aromatic N) is 4. The average Bonchev–Trinajstić information content (AvgIpc) is 2.49. The van der Waals surface area contributed by atoms with E-state index in [2.05, 4.69) is 37.5 Å². The Morgan fingerprint density at radius 3 is 3.23 bits per heavy atom. The van der Waals surface area contributed by atoms with E-state index >= 15 is 0 Å². The molecule has 0 amide bonds. The number of hydrogen-bond donors (Lipinski definition) is 0. The normalized spacial score (nSPS) is 17.0. The fourth-order valence-electron chi connectivity index (χ4n) is 1.49. The zero-order valence-corrected chi connectivity index (χ0v) is 8.87. The molecule has 0 radical (unpaired) electrons. The largest absolute Gasteiger partial charge is 0.289 e. The molecule has 1 aliphatic heterocycles. The molecule has 0 aromatic carbocycles. The van der Waals surface area contributed by atoms with Gasteiger partial charge in [-0.15, -0.1) is 0 Å². The van der Waals surface area contributed by atoms with Crippen LogP contribution >= 0.6 is 15.9 Å². The molecular formula is C8H11BrN4. The first kappa shape index (κ1) is 8.90. The molecule has 0 bridgehead atoms. The summed E-state index contributed by atoms with van der Waals surface area (Å²) in [6, 6.07) is 0. The van der Waals surface area contributed by atoms with Crippen LogP contribution in [0.15, 0.2) is 17.4 Å². The molecule has 0 N–H and O–H groups in total. The van der Waals surface area contributed by atoms with Crippen LogP contribution in [0.3, 0.4) is 0 Å². The van der Waals surface area contributed by atoms with Gasteiger partial charge in [-0.2, -0.15) is 5.10 Å². The van der Waals surface area contributed by atoms with E-state index < -0.39 is 0 Å². The fraction of sp³-hybridized carbons (Fsp3) is 0.500. The number of rotatable bonds is 2. The van der Waals surface area contributed by atoms with Crippen molar-refractivity contribution in [2.75, 3.05) is 13.1 Å². The van der Waals surface area contributed by atoms with Crippen molar-refractivity contribution in [1.29, 1.82) is 0 Å². The van der Waals surface area contributed by atoms with Crippen molar-refractivity contribution in [3.05, 3.63) is 23.2 Å². The van der Waals surface area contributed by atoms with Gasteiger partial charge in [0, 0.05) is 17.6 Å². The highest BCUT2D eigenvalue weighted by molar-refractivity contribution is 9.11. The monoisotopic (exact) mass is 242 g/mol. The number of fused-ring (bicyclic) bond motifs is 1. The maximum atomic E-state index is 4.18. The van der Waals surface area contributed by atoms with E-state index in [9.17, 15) is 0 Å². The van der Waals surface area contributed by atoms with Crippen LogP contribution in [0, 0.1) is 0 Å². The van der Waals surface area contributed by atoms with E-state index in [0.29, 0.717) is 0 Å². The minimum Gasteiger partial charge on any atom is -0.289 e. The first-order valence-corrected chi connectivity index (χ1v) is 4.97. The molecule has 2 heterocycles. The Morgan fingerprint density at radius 2 is 2.46 bits per heavy atom. The molecule has 0 spiro atoms. The molecule has 0 saturated carbocycles. The lowest BCUT2D eigenvalue weighted by molar-refractivity contribution is 0.229. The van der Waals surface area contributed by atoms with Gasteiger partial charge in [0.1, 0.15) is 12.2 Å². The molecule has 5 heteroatoms. The van der Waals surface area contributed by atoms with Gasteiger partial charge < -0.3 is 0 Å². The third-order valence-electron chi connectivity index (χ3n) is 2.08. The Morgan fingerprint density at radius 1 is 1.62 bits per heavy atom. The first-order chi connectivity index (χ1) is 6.25. The highest BCUT2D eigenvalue weighted by Crippen LogP contribution is 2.11. The summed E-state index contributed by atoms with van der Waals surface area (Å²) in [6.07, 6.45) is 1.61. The van der Waals surface area contributed by atoms with E-state index in [1.54, 1.807) is 6.33 Å². The second-order valence-corrected chi connectivity index (χ2v) is 4.25. The Kier molecular flexibility index (Phi) is 2.46. The highest BCUT2D eigenvalue weighted by Gasteiger charge is 2.16. The summed E-state index contributed by atoms with van der Waals surface area (Å²) in [7, 11) is 0. The van der Waals surface area contributed by atoms with E-state index in [-0.39, 0.29) is 0 Å². The Hall–Kier alpha value is -0.680. The highest BCUT2D eigenvalue weighted by atomic mass is 79.9. The number of aromatic nitrogens is 3. The maximum absolute atomic E-state index is 4.18. The molecule has 1 aromatic heterocycles. The molecule has 0 aliphatic carbocycles. The quantitative estimate of drug-likeness (QED) is 0.777. The summed E-state index contributed by atoms with van der Waals surface area (Å²) in [5, 5.41) is 4.12. The van der Waals surface area contributed by atoms with Crippen LogP contribution in [0.5, 0.6) is 0 Å². The van der Waals surface area contributed by atoms with Crippen LogP contribution < -0.4 is 0 Å². The second kappa shape index (κ2) is 3.59. The Balaban J connectivity index is 2.04.